The number of piperidine rings is 1. The number of hydrogen-bond acceptors (Lipinski definition) is 3. The summed E-state index contributed by atoms with van der Waals surface area (Å²) in [5.74, 6) is 0.511. The lowest BCUT2D eigenvalue weighted by molar-refractivity contribution is 0.0684. The summed E-state index contributed by atoms with van der Waals surface area (Å²) < 4.78 is 0. The van der Waals surface area contributed by atoms with E-state index in [0.717, 1.165) is 38.0 Å². The number of pyridine rings is 2. The second-order valence-electron chi connectivity index (χ2n) is 6.17. The van der Waals surface area contributed by atoms with Gasteiger partial charge in [0.1, 0.15) is 5.69 Å². The molecule has 0 aliphatic carbocycles. The summed E-state index contributed by atoms with van der Waals surface area (Å²) in [5, 5.41) is 0. The summed E-state index contributed by atoms with van der Waals surface area (Å²) in [6, 6.07) is 8.89. The largest absolute Gasteiger partial charge is 0.337 e. The van der Waals surface area contributed by atoms with Gasteiger partial charge in [-0.1, -0.05) is 6.07 Å². The van der Waals surface area contributed by atoms with Crippen molar-refractivity contribution in [2.45, 2.75) is 26.2 Å². The van der Waals surface area contributed by atoms with E-state index in [4.69, 9.17) is 0 Å². The van der Waals surface area contributed by atoms with Crippen LogP contribution in [0.5, 0.6) is 0 Å². The van der Waals surface area contributed by atoms with E-state index in [1.807, 2.05) is 18.0 Å². The molecule has 1 aliphatic heterocycles. The molecule has 5 nitrogen and oxygen atoms in total. The molecule has 0 aromatic carbocycles. The van der Waals surface area contributed by atoms with Gasteiger partial charge in [-0.25, -0.2) is 0 Å². The third kappa shape index (κ3) is 3.86. The number of nitrogens with one attached hydrogen (secondary N) is 1. The molecule has 5 heteroatoms. The number of rotatable bonds is 3. The zero-order valence-corrected chi connectivity index (χ0v) is 13.3. The lowest BCUT2D eigenvalue weighted by Gasteiger charge is -2.32. The summed E-state index contributed by atoms with van der Waals surface area (Å²) in [7, 11) is 0. The van der Waals surface area contributed by atoms with Crippen LogP contribution < -0.4 is 5.56 Å². The number of likely N-dealkylation sites (tertiary alicyclic amines) is 1. The Labute approximate surface area is 135 Å². The predicted octanol–water partition coefficient (Wildman–Crippen LogP) is 2.17. The number of aryl methyl sites for hydroxylation is 1. The molecule has 0 saturated carbocycles. The van der Waals surface area contributed by atoms with Crippen molar-refractivity contribution in [1.82, 2.24) is 14.9 Å². The fraction of sp³-hybridized carbons (Fsp3) is 0.389. The molecule has 120 valence electrons. The number of aromatic nitrogens is 2. The first-order valence-corrected chi connectivity index (χ1v) is 8.02. The topological polar surface area (TPSA) is 66.1 Å². The Kier molecular flexibility index (Phi) is 4.55. The standard InChI is InChI=1S/C18H21N3O2/c1-13-11-15(5-8-19-13)12-14-6-9-21(10-7-14)18(23)16-3-2-4-17(22)20-16/h2-5,8,11,14H,6-7,9-10,12H2,1H3,(H,20,22). The van der Waals surface area contributed by atoms with Crippen molar-refractivity contribution in [2.75, 3.05) is 13.1 Å². The van der Waals surface area contributed by atoms with Crippen molar-refractivity contribution in [3.63, 3.8) is 0 Å². The van der Waals surface area contributed by atoms with Gasteiger partial charge in [-0.05, 0) is 55.9 Å². The highest BCUT2D eigenvalue weighted by atomic mass is 16.2. The SMILES string of the molecule is Cc1cc(CC2CCN(C(=O)c3cccc(=O)[nH]3)CC2)ccn1. The van der Waals surface area contributed by atoms with E-state index >= 15 is 0 Å². The van der Waals surface area contributed by atoms with Gasteiger partial charge >= 0.3 is 0 Å². The number of H-pyrrole nitrogens is 1. The van der Waals surface area contributed by atoms with E-state index in [2.05, 4.69) is 22.1 Å². The molecule has 0 atom stereocenters. The fourth-order valence-electron chi connectivity index (χ4n) is 3.15. The third-order valence-electron chi connectivity index (χ3n) is 4.39. The van der Waals surface area contributed by atoms with Crippen LogP contribution in [0.1, 0.15) is 34.6 Å². The van der Waals surface area contributed by atoms with E-state index < -0.39 is 0 Å². The maximum atomic E-state index is 12.4. The van der Waals surface area contributed by atoms with Crippen molar-refractivity contribution in [1.29, 1.82) is 0 Å². The normalized spacial score (nSPS) is 15.6. The first kappa shape index (κ1) is 15.5. The van der Waals surface area contributed by atoms with Crippen LogP contribution >= 0.6 is 0 Å². The first-order chi connectivity index (χ1) is 11.1. The smallest absolute Gasteiger partial charge is 0.270 e. The van der Waals surface area contributed by atoms with E-state index in [9.17, 15) is 9.59 Å². The Hall–Kier alpha value is -2.43. The van der Waals surface area contributed by atoms with Gasteiger partial charge < -0.3 is 9.88 Å². The van der Waals surface area contributed by atoms with E-state index in [-0.39, 0.29) is 11.5 Å². The molecule has 0 radical (unpaired) electrons. The Morgan fingerprint density at radius 2 is 2.09 bits per heavy atom. The minimum Gasteiger partial charge on any atom is -0.337 e. The minimum atomic E-state index is -0.237. The third-order valence-corrected chi connectivity index (χ3v) is 4.39. The summed E-state index contributed by atoms with van der Waals surface area (Å²) in [6.07, 6.45) is 4.87. The van der Waals surface area contributed by atoms with Crippen LogP contribution in [-0.2, 0) is 6.42 Å². The van der Waals surface area contributed by atoms with Crippen LogP contribution in [0.25, 0.3) is 0 Å². The number of carbonyl (C=O) groups is 1. The van der Waals surface area contributed by atoms with Gasteiger partial charge in [0.15, 0.2) is 0 Å². The second kappa shape index (κ2) is 6.77. The number of aromatic amines is 1. The molecule has 2 aromatic rings. The summed E-state index contributed by atoms with van der Waals surface area (Å²) >= 11 is 0. The highest BCUT2D eigenvalue weighted by Crippen LogP contribution is 2.22. The lowest BCUT2D eigenvalue weighted by Crippen LogP contribution is -2.39. The summed E-state index contributed by atoms with van der Waals surface area (Å²) in [4.78, 5) is 32.4. The average molecular weight is 311 g/mol. The van der Waals surface area contributed by atoms with Gasteiger partial charge in [-0.3, -0.25) is 14.6 Å². The Balaban J connectivity index is 1.58. The molecule has 1 amide bonds. The highest BCUT2D eigenvalue weighted by molar-refractivity contribution is 5.92. The molecule has 2 aromatic heterocycles. The quantitative estimate of drug-likeness (QED) is 0.945. The minimum absolute atomic E-state index is 0.0825. The molecule has 3 rings (SSSR count). The summed E-state index contributed by atoms with van der Waals surface area (Å²) in [6.45, 7) is 3.49. The van der Waals surface area contributed by atoms with Crippen molar-refractivity contribution in [3.05, 3.63) is 63.8 Å². The molecule has 1 aliphatic rings. The van der Waals surface area contributed by atoms with Gasteiger partial charge in [0.05, 0.1) is 0 Å². The predicted molar refractivity (Wildman–Crippen MR) is 88.4 cm³/mol. The molecule has 0 unspecified atom stereocenters. The van der Waals surface area contributed by atoms with Crippen LogP contribution in [0.2, 0.25) is 0 Å². The molecule has 1 N–H and O–H groups in total. The number of amides is 1. The Morgan fingerprint density at radius 1 is 1.30 bits per heavy atom. The molecule has 0 bridgehead atoms. The maximum absolute atomic E-state index is 12.4. The van der Waals surface area contributed by atoms with Crippen LogP contribution in [0.4, 0.5) is 0 Å². The second-order valence-corrected chi connectivity index (χ2v) is 6.17. The lowest BCUT2D eigenvalue weighted by atomic mass is 9.90. The Bertz CT molecular complexity index is 746. The molecule has 23 heavy (non-hydrogen) atoms. The molecule has 3 heterocycles. The first-order valence-electron chi connectivity index (χ1n) is 8.02. The Morgan fingerprint density at radius 3 is 2.78 bits per heavy atom. The number of carbonyl (C=O) groups excluding carboxylic acids is 1. The maximum Gasteiger partial charge on any atom is 0.270 e. The van der Waals surface area contributed by atoms with Crippen molar-refractivity contribution in [3.8, 4) is 0 Å². The van der Waals surface area contributed by atoms with Crippen LogP contribution in [0.3, 0.4) is 0 Å². The van der Waals surface area contributed by atoms with E-state index in [0.29, 0.717) is 11.6 Å². The van der Waals surface area contributed by atoms with Crippen molar-refractivity contribution in [2.24, 2.45) is 5.92 Å². The van der Waals surface area contributed by atoms with Crippen molar-refractivity contribution < 1.29 is 4.79 Å². The zero-order chi connectivity index (χ0) is 16.2. The van der Waals surface area contributed by atoms with Crippen LogP contribution in [0, 0.1) is 12.8 Å². The molecule has 1 saturated heterocycles. The molecular weight excluding hydrogens is 290 g/mol. The highest BCUT2D eigenvalue weighted by Gasteiger charge is 2.24. The van der Waals surface area contributed by atoms with Gasteiger partial charge in [-0.2, -0.15) is 0 Å². The van der Waals surface area contributed by atoms with Gasteiger partial charge in [0.25, 0.3) is 5.91 Å². The zero-order valence-electron chi connectivity index (χ0n) is 13.3. The molecule has 1 fully saturated rings. The number of nitrogens with zero attached hydrogens (tertiary/aromatic N) is 2. The van der Waals surface area contributed by atoms with Gasteiger partial charge in [-0.15, -0.1) is 0 Å². The van der Waals surface area contributed by atoms with Crippen LogP contribution in [0.15, 0.2) is 41.3 Å². The molecule has 0 spiro atoms. The molecular formula is C18H21N3O2. The van der Waals surface area contributed by atoms with E-state index in [1.165, 1.54) is 11.6 Å². The van der Waals surface area contributed by atoms with E-state index in [1.54, 1.807) is 12.1 Å². The fourth-order valence-corrected chi connectivity index (χ4v) is 3.15. The number of hydrogen-bond donors (Lipinski definition) is 1. The summed E-state index contributed by atoms with van der Waals surface area (Å²) in [5.41, 5.74) is 2.50. The monoisotopic (exact) mass is 311 g/mol. The van der Waals surface area contributed by atoms with Gasteiger partial charge in [0, 0.05) is 31.0 Å². The van der Waals surface area contributed by atoms with Gasteiger partial charge in [0.2, 0.25) is 5.56 Å². The van der Waals surface area contributed by atoms with Crippen molar-refractivity contribution >= 4 is 5.91 Å². The van der Waals surface area contributed by atoms with Crippen LogP contribution in [-0.4, -0.2) is 33.9 Å². The average Bonchev–Trinajstić information content (AvgIpc) is 2.55.